The lowest BCUT2D eigenvalue weighted by Crippen LogP contribution is -2.73. The summed E-state index contributed by atoms with van der Waals surface area (Å²) in [7, 11) is 1.67. The van der Waals surface area contributed by atoms with Crippen molar-refractivity contribution in [1.29, 1.82) is 0 Å². The van der Waals surface area contributed by atoms with Crippen LogP contribution in [0.25, 0.3) is 11.0 Å². The highest BCUT2D eigenvalue weighted by Gasteiger charge is 2.53. The summed E-state index contributed by atoms with van der Waals surface area (Å²) in [6.07, 6.45) is 2.47. The van der Waals surface area contributed by atoms with Crippen molar-refractivity contribution < 1.29 is 18.7 Å². The van der Waals surface area contributed by atoms with E-state index in [1.165, 1.54) is 12.8 Å². The average molecular weight is 397 g/mol. The second-order valence-corrected chi connectivity index (χ2v) is 8.71. The highest BCUT2D eigenvalue weighted by Crippen LogP contribution is 2.37. The predicted octanol–water partition coefficient (Wildman–Crippen LogP) is 1.79. The Kier molecular flexibility index (Phi) is 4.40. The molecule has 2 amide bonds. The van der Waals surface area contributed by atoms with Gasteiger partial charge in [-0.15, -0.1) is 0 Å². The number of hydrogen-bond acceptors (Lipinski definition) is 5. The Balaban J connectivity index is 1.29. The number of amides is 2. The normalized spacial score (nSPS) is 23.9. The molecule has 3 heterocycles. The van der Waals surface area contributed by atoms with Crippen LogP contribution in [0.15, 0.2) is 28.7 Å². The molecule has 0 bridgehead atoms. The molecule has 29 heavy (non-hydrogen) atoms. The molecule has 1 aliphatic carbocycles. The first-order valence-corrected chi connectivity index (χ1v) is 10.4. The van der Waals surface area contributed by atoms with E-state index in [-0.39, 0.29) is 23.5 Å². The Morgan fingerprint density at radius 3 is 2.66 bits per heavy atom. The number of benzene rings is 1. The summed E-state index contributed by atoms with van der Waals surface area (Å²) in [6.45, 7) is 4.98. The van der Waals surface area contributed by atoms with E-state index in [0.29, 0.717) is 37.9 Å². The number of fused-ring (bicyclic) bond motifs is 1. The van der Waals surface area contributed by atoms with Gasteiger partial charge < -0.3 is 19.4 Å². The smallest absolute Gasteiger partial charge is 0.290 e. The molecule has 3 aliphatic rings. The van der Waals surface area contributed by atoms with Crippen LogP contribution in [0.5, 0.6) is 0 Å². The van der Waals surface area contributed by atoms with Gasteiger partial charge >= 0.3 is 0 Å². The zero-order valence-electron chi connectivity index (χ0n) is 16.9. The molecule has 2 saturated heterocycles. The van der Waals surface area contributed by atoms with Gasteiger partial charge in [0, 0.05) is 31.1 Å². The van der Waals surface area contributed by atoms with Crippen molar-refractivity contribution in [3.05, 3.63) is 35.6 Å². The van der Waals surface area contributed by atoms with Crippen molar-refractivity contribution in [1.82, 2.24) is 15.1 Å². The minimum atomic E-state index is -0.380. The molecule has 1 N–H and O–H groups in total. The van der Waals surface area contributed by atoms with Crippen LogP contribution in [-0.4, -0.2) is 73.1 Å². The van der Waals surface area contributed by atoms with Gasteiger partial charge in [0.05, 0.1) is 19.7 Å². The first-order valence-electron chi connectivity index (χ1n) is 10.4. The molecular weight excluding hydrogens is 370 g/mol. The molecule has 0 radical (unpaired) electrons. The number of morpholine rings is 1. The average Bonchev–Trinajstić information content (AvgIpc) is 3.46. The topological polar surface area (TPSA) is 75.0 Å². The fourth-order valence-electron chi connectivity index (χ4n) is 4.63. The minimum absolute atomic E-state index is 0.00524. The highest BCUT2D eigenvalue weighted by molar-refractivity contribution is 5.99. The number of carbonyl (C=O) groups excluding carboxylic acids is 2. The summed E-state index contributed by atoms with van der Waals surface area (Å²) < 4.78 is 12.0. The van der Waals surface area contributed by atoms with Gasteiger partial charge in [-0.3, -0.25) is 14.5 Å². The summed E-state index contributed by atoms with van der Waals surface area (Å²) in [5, 5.41) is 3.73. The monoisotopic (exact) mass is 397 g/mol. The molecule has 1 aromatic carbocycles. The van der Waals surface area contributed by atoms with Crippen molar-refractivity contribution in [3.63, 3.8) is 0 Å². The first-order chi connectivity index (χ1) is 14.0. The Morgan fingerprint density at radius 2 is 1.97 bits per heavy atom. The maximum Gasteiger partial charge on any atom is 0.290 e. The number of aryl methyl sites for hydroxylation is 1. The van der Waals surface area contributed by atoms with Crippen molar-refractivity contribution in [2.45, 2.75) is 31.4 Å². The molecule has 2 aromatic rings. The molecule has 3 fully saturated rings. The molecule has 1 aromatic heterocycles. The van der Waals surface area contributed by atoms with Gasteiger partial charge in [-0.25, -0.2) is 0 Å². The number of hydrogen-bond donors (Lipinski definition) is 1. The van der Waals surface area contributed by atoms with Gasteiger partial charge in [0.15, 0.2) is 5.76 Å². The number of likely N-dealkylation sites (tertiary alicyclic amines) is 1. The third-order valence-corrected chi connectivity index (χ3v) is 6.50. The van der Waals surface area contributed by atoms with Crippen LogP contribution in [0.4, 0.5) is 0 Å². The second-order valence-electron chi connectivity index (χ2n) is 8.71. The van der Waals surface area contributed by atoms with Crippen LogP contribution < -0.4 is 5.32 Å². The van der Waals surface area contributed by atoms with E-state index in [4.69, 9.17) is 9.15 Å². The summed E-state index contributed by atoms with van der Waals surface area (Å²) in [6, 6.07) is 7.47. The van der Waals surface area contributed by atoms with Crippen LogP contribution in [0.1, 0.15) is 29.0 Å². The summed E-state index contributed by atoms with van der Waals surface area (Å²) in [5.41, 5.74) is 1.24. The third-order valence-electron chi connectivity index (χ3n) is 6.50. The lowest BCUT2D eigenvalue weighted by Gasteiger charge is -2.55. The van der Waals surface area contributed by atoms with E-state index in [2.05, 4.69) is 10.2 Å². The van der Waals surface area contributed by atoms with E-state index in [9.17, 15) is 9.59 Å². The first kappa shape index (κ1) is 18.6. The van der Waals surface area contributed by atoms with Crippen LogP contribution in [0.3, 0.4) is 0 Å². The Bertz CT molecular complexity index is 958. The van der Waals surface area contributed by atoms with Gasteiger partial charge in [-0.2, -0.15) is 0 Å². The molecule has 7 heteroatoms. The summed E-state index contributed by atoms with van der Waals surface area (Å²) in [5.74, 6) is 1.02. The number of nitrogens with one attached hydrogen (secondary N) is 1. The lowest BCUT2D eigenvalue weighted by atomic mass is 9.89. The van der Waals surface area contributed by atoms with Crippen LogP contribution >= 0.6 is 0 Å². The molecule has 7 nitrogen and oxygen atoms in total. The maximum absolute atomic E-state index is 13.0. The molecular formula is C22H27N3O4. The van der Waals surface area contributed by atoms with E-state index in [0.717, 1.165) is 23.1 Å². The number of ether oxygens (including phenoxy) is 1. The quantitative estimate of drug-likeness (QED) is 0.852. The lowest BCUT2D eigenvalue weighted by molar-refractivity contribution is -0.192. The Hall–Kier alpha value is -2.38. The van der Waals surface area contributed by atoms with Crippen molar-refractivity contribution in [2.24, 2.45) is 5.92 Å². The number of carbonyl (C=O) groups is 2. The molecule has 154 valence electrons. The molecule has 1 spiro atoms. The second kappa shape index (κ2) is 6.85. The van der Waals surface area contributed by atoms with Gasteiger partial charge in [-0.05, 0) is 31.7 Å². The highest BCUT2D eigenvalue weighted by atomic mass is 16.5. The van der Waals surface area contributed by atoms with Crippen LogP contribution in [-0.2, 0) is 9.53 Å². The van der Waals surface area contributed by atoms with E-state index < -0.39 is 0 Å². The van der Waals surface area contributed by atoms with E-state index in [1.807, 2.05) is 31.2 Å². The summed E-state index contributed by atoms with van der Waals surface area (Å²) in [4.78, 5) is 29.3. The number of rotatable bonds is 4. The van der Waals surface area contributed by atoms with E-state index in [1.54, 1.807) is 11.9 Å². The zero-order chi connectivity index (χ0) is 20.2. The fraction of sp³-hybridized carbons (Fsp3) is 0.545. The third kappa shape index (κ3) is 3.22. The largest absolute Gasteiger partial charge is 0.451 e. The standard InChI is InChI=1S/C22H27N3O4/c1-14-16-5-3-4-6-18(16)29-19(14)21(27)25-12-22(13-25)11-24(9-15-7-8-15)17(10-28-22)20(26)23-2/h3-6,15,17H,7-13H2,1-2H3,(H,23,26). The number of likely N-dealkylation sites (N-methyl/N-ethyl adjacent to an activating group) is 1. The van der Waals surface area contributed by atoms with Gasteiger partial charge in [0.2, 0.25) is 5.91 Å². The van der Waals surface area contributed by atoms with E-state index >= 15 is 0 Å². The number of para-hydroxylation sites is 1. The molecule has 1 unspecified atom stereocenters. The van der Waals surface area contributed by atoms with Crippen LogP contribution in [0.2, 0.25) is 0 Å². The minimum Gasteiger partial charge on any atom is -0.451 e. The molecule has 1 saturated carbocycles. The van der Waals surface area contributed by atoms with Crippen molar-refractivity contribution >= 4 is 22.8 Å². The summed E-state index contributed by atoms with van der Waals surface area (Å²) >= 11 is 0. The van der Waals surface area contributed by atoms with Crippen LogP contribution in [0, 0.1) is 12.8 Å². The van der Waals surface area contributed by atoms with Gasteiger partial charge in [-0.1, -0.05) is 18.2 Å². The maximum atomic E-state index is 13.0. The fourth-order valence-corrected chi connectivity index (χ4v) is 4.63. The zero-order valence-corrected chi connectivity index (χ0v) is 16.9. The molecule has 2 aliphatic heterocycles. The van der Waals surface area contributed by atoms with Crippen molar-refractivity contribution in [3.8, 4) is 0 Å². The van der Waals surface area contributed by atoms with Gasteiger partial charge in [0.1, 0.15) is 17.2 Å². The molecule has 1 atom stereocenters. The number of nitrogens with zero attached hydrogens (tertiary/aromatic N) is 2. The SMILES string of the molecule is CNC(=O)C1COC2(CN(C(=O)c3oc4ccccc4c3C)C2)CN1CC1CC1. The van der Waals surface area contributed by atoms with Gasteiger partial charge in [0.25, 0.3) is 5.91 Å². The Morgan fingerprint density at radius 1 is 1.21 bits per heavy atom. The predicted molar refractivity (Wildman–Crippen MR) is 108 cm³/mol. The number of furan rings is 1. The molecule has 5 rings (SSSR count). The Labute approximate surface area is 170 Å². The van der Waals surface area contributed by atoms with Crippen molar-refractivity contribution in [2.75, 3.05) is 39.8 Å².